The third kappa shape index (κ3) is 3.38. The highest BCUT2D eigenvalue weighted by molar-refractivity contribution is 9.10. The van der Waals surface area contributed by atoms with Crippen LogP contribution in [0.3, 0.4) is 0 Å². The van der Waals surface area contributed by atoms with Crippen LogP contribution < -0.4 is 5.73 Å². The van der Waals surface area contributed by atoms with Gasteiger partial charge in [-0.2, -0.15) is 0 Å². The van der Waals surface area contributed by atoms with Gasteiger partial charge in [-0.3, -0.25) is 4.79 Å². The van der Waals surface area contributed by atoms with E-state index in [-0.39, 0.29) is 6.42 Å². The predicted molar refractivity (Wildman–Crippen MR) is 59.1 cm³/mol. The molecule has 0 amide bonds. The highest BCUT2D eigenvalue weighted by Crippen LogP contribution is 2.21. The van der Waals surface area contributed by atoms with Gasteiger partial charge < -0.3 is 10.8 Å². The zero-order chi connectivity index (χ0) is 10.6. The molecule has 0 radical (unpaired) electrons. The van der Waals surface area contributed by atoms with Gasteiger partial charge in [0, 0.05) is 16.6 Å². The number of nitrogens with two attached hydrogens (primary N) is 1. The third-order valence-corrected chi connectivity index (χ3v) is 2.64. The predicted octanol–water partition coefficient (Wildman–Crippen LogP) is 2.44. The van der Waals surface area contributed by atoms with Crippen molar-refractivity contribution in [3.05, 3.63) is 28.2 Å². The van der Waals surface area contributed by atoms with Crippen LogP contribution in [0.25, 0.3) is 0 Å². The first kappa shape index (κ1) is 11.0. The molecule has 0 aliphatic heterocycles. The van der Waals surface area contributed by atoms with Crippen LogP contribution in [-0.2, 0) is 11.2 Å². The van der Waals surface area contributed by atoms with Crippen molar-refractivity contribution in [2.45, 2.75) is 19.3 Å². The number of aliphatic carboxylic acids is 1. The molecule has 4 heteroatoms. The molecule has 0 aliphatic carbocycles. The Labute approximate surface area is 91.1 Å². The molecule has 0 fully saturated rings. The van der Waals surface area contributed by atoms with Crippen LogP contribution in [0.15, 0.2) is 22.7 Å². The van der Waals surface area contributed by atoms with E-state index in [1.165, 1.54) is 0 Å². The minimum absolute atomic E-state index is 0.204. The molecule has 0 aliphatic rings. The molecule has 0 heterocycles. The molecule has 14 heavy (non-hydrogen) atoms. The van der Waals surface area contributed by atoms with E-state index in [1.54, 1.807) is 0 Å². The lowest BCUT2D eigenvalue weighted by atomic mass is 10.1. The van der Waals surface area contributed by atoms with Crippen LogP contribution in [0.1, 0.15) is 18.4 Å². The van der Waals surface area contributed by atoms with E-state index in [4.69, 9.17) is 10.8 Å². The van der Waals surface area contributed by atoms with Gasteiger partial charge in [0.2, 0.25) is 0 Å². The van der Waals surface area contributed by atoms with Crippen LogP contribution in [0, 0.1) is 0 Å². The van der Waals surface area contributed by atoms with E-state index in [0.717, 1.165) is 16.5 Å². The lowest BCUT2D eigenvalue weighted by Gasteiger charge is -2.02. The van der Waals surface area contributed by atoms with Crippen molar-refractivity contribution < 1.29 is 9.90 Å². The van der Waals surface area contributed by atoms with Crippen molar-refractivity contribution >= 4 is 27.6 Å². The molecule has 1 rings (SSSR count). The summed E-state index contributed by atoms with van der Waals surface area (Å²) in [7, 11) is 0. The Balaban J connectivity index is 2.51. The maximum Gasteiger partial charge on any atom is 0.303 e. The molecule has 3 nitrogen and oxygen atoms in total. The zero-order valence-corrected chi connectivity index (χ0v) is 9.25. The van der Waals surface area contributed by atoms with E-state index in [1.807, 2.05) is 18.2 Å². The maximum absolute atomic E-state index is 10.3. The summed E-state index contributed by atoms with van der Waals surface area (Å²) >= 11 is 3.30. The number of carboxylic acid groups (broad SMARTS) is 1. The topological polar surface area (TPSA) is 63.3 Å². The molecular weight excluding hydrogens is 246 g/mol. The summed E-state index contributed by atoms with van der Waals surface area (Å²) in [5, 5.41) is 8.46. The Kier molecular flexibility index (Phi) is 3.95. The fraction of sp³-hybridized carbons (Fsp3) is 0.300. The van der Waals surface area contributed by atoms with Crippen LogP contribution in [0.2, 0.25) is 0 Å². The van der Waals surface area contributed by atoms with Crippen LogP contribution in [0.4, 0.5) is 5.69 Å². The number of hydrogen-bond donors (Lipinski definition) is 2. The quantitative estimate of drug-likeness (QED) is 0.815. The van der Waals surface area contributed by atoms with Gasteiger partial charge in [-0.15, -0.1) is 0 Å². The number of carboxylic acids is 1. The van der Waals surface area contributed by atoms with Crippen LogP contribution in [0.5, 0.6) is 0 Å². The van der Waals surface area contributed by atoms with Gasteiger partial charge in [-0.25, -0.2) is 0 Å². The van der Waals surface area contributed by atoms with E-state index >= 15 is 0 Å². The summed E-state index contributed by atoms with van der Waals surface area (Å²) in [6, 6.07) is 5.69. The first-order valence-corrected chi connectivity index (χ1v) is 5.14. The lowest BCUT2D eigenvalue weighted by Crippen LogP contribution is -1.96. The zero-order valence-electron chi connectivity index (χ0n) is 7.66. The second kappa shape index (κ2) is 5.00. The molecule has 0 saturated heterocycles. The number of nitrogen functional groups attached to an aromatic ring is 1. The number of anilines is 1. The molecule has 0 aromatic heterocycles. The summed E-state index contributed by atoms with van der Waals surface area (Å²) in [5.41, 5.74) is 7.46. The molecule has 76 valence electrons. The van der Waals surface area contributed by atoms with Crippen LogP contribution in [-0.4, -0.2) is 11.1 Å². The molecule has 0 saturated carbocycles. The lowest BCUT2D eigenvalue weighted by molar-refractivity contribution is -0.137. The highest BCUT2D eigenvalue weighted by Gasteiger charge is 2.00. The van der Waals surface area contributed by atoms with E-state index in [9.17, 15) is 4.79 Å². The molecule has 0 unspecified atom stereocenters. The van der Waals surface area contributed by atoms with Gasteiger partial charge >= 0.3 is 5.97 Å². The first-order valence-electron chi connectivity index (χ1n) is 4.35. The number of rotatable bonds is 4. The molecule has 0 spiro atoms. The van der Waals surface area contributed by atoms with Gasteiger partial charge in [-0.1, -0.05) is 6.07 Å². The second-order valence-electron chi connectivity index (χ2n) is 3.10. The molecule has 0 bridgehead atoms. The standard InChI is InChI=1S/C10H12BrNO2/c11-8-5-4-7(6-9(8)12)2-1-3-10(13)14/h4-6H,1-3,12H2,(H,13,14). The fourth-order valence-electron chi connectivity index (χ4n) is 1.19. The second-order valence-corrected chi connectivity index (χ2v) is 3.96. The largest absolute Gasteiger partial charge is 0.481 e. The van der Waals surface area contributed by atoms with Crippen molar-refractivity contribution in [2.24, 2.45) is 0 Å². The third-order valence-electron chi connectivity index (χ3n) is 1.92. The molecule has 3 N–H and O–H groups in total. The number of benzene rings is 1. The normalized spacial score (nSPS) is 10.1. The van der Waals surface area contributed by atoms with Gasteiger partial charge in [-0.05, 0) is 46.5 Å². The van der Waals surface area contributed by atoms with Crippen molar-refractivity contribution in [1.29, 1.82) is 0 Å². The molecular formula is C10H12BrNO2. The molecule has 0 atom stereocenters. The maximum atomic E-state index is 10.3. The van der Waals surface area contributed by atoms with Gasteiger partial charge in [0.15, 0.2) is 0 Å². The number of halogens is 1. The van der Waals surface area contributed by atoms with Crippen LogP contribution >= 0.6 is 15.9 Å². The van der Waals surface area contributed by atoms with Crippen molar-refractivity contribution in [2.75, 3.05) is 5.73 Å². The van der Waals surface area contributed by atoms with E-state index in [2.05, 4.69) is 15.9 Å². The molecule has 1 aromatic rings. The average molecular weight is 258 g/mol. The Morgan fingerprint density at radius 1 is 1.50 bits per heavy atom. The van der Waals surface area contributed by atoms with E-state index in [0.29, 0.717) is 12.1 Å². The highest BCUT2D eigenvalue weighted by atomic mass is 79.9. The Hall–Kier alpha value is -1.03. The van der Waals surface area contributed by atoms with E-state index < -0.39 is 5.97 Å². The monoisotopic (exact) mass is 257 g/mol. The minimum Gasteiger partial charge on any atom is -0.481 e. The Bertz CT molecular complexity index is 339. The summed E-state index contributed by atoms with van der Waals surface area (Å²) in [6.07, 6.45) is 1.61. The number of hydrogen-bond acceptors (Lipinski definition) is 2. The summed E-state index contributed by atoms with van der Waals surface area (Å²) in [5.74, 6) is -0.755. The SMILES string of the molecule is Nc1cc(CCCC(=O)O)ccc1Br. The Morgan fingerprint density at radius 3 is 2.79 bits per heavy atom. The summed E-state index contributed by atoms with van der Waals surface area (Å²) in [4.78, 5) is 10.3. The fourth-order valence-corrected chi connectivity index (χ4v) is 1.44. The number of carbonyl (C=O) groups is 1. The minimum atomic E-state index is -0.755. The van der Waals surface area contributed by atoms with Crippen molar-refractivity contribution in [3.63, 3.8) is 0 Å². The Morgan fingerprint density at radius 2 is 2.21 bits per heavy atom. The van der Waals surface area contributed by atoms with Crippen molar-refractivity contribution in [3.8, 4) is 0 Å². The molecule has 1 aromatic carbocycles. The summed E-state index contributed by atoms with van der Waals surface area (Å²) < 4.78 is 0.875. The van der Waals surface area contributed by atoms with Gasteiger partial charge in [0.25, 0.3) is 0 Å². The first-order chi connectivity index (χ1) is 6.59. The smallest absolute Gasteiger partial charge is 0.303 e. The average Bonchev–Trinajstić information content (AvgIpc) is 2.10. The van der Waals surface area contributed by atoms with Crippen molar-refractivity contribution in [1.82, 2.24) is 0 Å². The van der Waals surface area contributed by atoms with Gasteiger partial charge in [0.05, 0.1) is 0 Å². The summed E-state index contributed by atoms with van der Waals surface area (Å²) in [6.45, 7) is 0. The van der Waals surface area contributed by atoms with Gasteiger partial charge in [0.1, 0.15) is 0 Å². The number of aryl methyl sites for hydroxylation is 1.